The third-order valence-electron chi connectivity index (χ3n) is 4.15. The first-order chi connectivity index (χ1) is 8.69. The molecule has 4 nitrogen and oxygen atoms in total. The number of nitrogen functional groups attached to an aromatic ring is 1. The summed E-state index contributed by atoms with van der Waals surface area (Å²) in [6.07, 6.45) is 10.3. The van der Waals surface area contributed by atoms with Gasteiger partial charge in [0.1, 0.15) is 0 Å². The molecule has 0 bridgehead atoms. The van der Waals surface area contributed by atoms with E-state index in [-0.39, 0.29) is 11.6 Å². The van der Waals surface area contributed by atoms with Gasteiger partial charge in [0, 0.05) is 30.8 Å². The molecule has 1 aromatic heterocycles. The number of nitrogens with zero attached hydrogens (tertiary/aromatic N) is 1. The van der Waals surface area contributed by atoms with Crippen molar-refractivity contribution >= 4 is 5.69 Å². The SMILES string of the molecule is COC1(C(N)c2cnccc2N)CCCCCC1. The summed E-state index contributed by atoms with van der Waals surface area (Å²) in [5.41, 5.74) is 13.8. The van der Waals surface area contributed by atoms with Gasteiger partial charge in [-0.2, -0.15) is 0 Å². The molecule has 1 fully saturated rings. The van der Waals surface area contributed by atoms with Crippen LogP contribution in [0.15, 0.2) is 18.5 Å². The molecular formula is C14H23N3O. The largest absolute Gasteiger partial charge is 0.398 e. The highest BCUT2D eigenvalue weighted by Gasteiger charge is 2.38. The molecule has 1 saturated carbocycles. The predicted octanol–water partition coefficient (Wildman–Crippen LogP) is 2.40. The smallest absolute Gasteiger partial charge is 0.0871 e. The lowest BCUT2D eigenvalue weighted by Gasteiger charge is -2.37. The highest BCUT2D eigenvalue weighted by Crippen LogP contribution is 2.39. The lowest BCUT2D eigenvalue weighted by molar-refractivity contribution is -0.0441. The lowest BCUT2D eigenvalue weighted by atomic mass is 9.83. The van der Waals surface area contributed by atoms with Crippen molar-refractivity contribution in [2.75, 3.05) is 12.8 Å². The molecule has 0 spiro atoms. The first kappa shape index (κ1) is 13.3. The number of ether oxygens (including phenoxy) is 1. The van der Waals surface area contributed by atoms with Gasteiger partial charge in [0.05, 0.1) is 11.6 Å². The van der Waals surface area contributed by atoms with E-state index in [0.717, 1.165) is 18.4 Å². The summed E-state index contributed by atoms with van der Waals surface area (Å²) < 4.78 is 5.82. The van der Waals surface area contributed by atoms with Crippen molar-refractivity contribution in [3.63, 3.8) is 0 Å². The molecule has 0 radical (unpaired) electrons. The van der Waals surface area contributed by atoms with Crippen molar-refractivity contribution in [2.24, 2.45) is 5.73 Å². The van der Waals surface area contributed by atoms with E-state index >= 15 is 0 Å². The maximum absolute atomic E-state index is 6.44. The molecule has 0 aromatic carbocycles. The summed E-state index contributed by atoms with van der Waals surface area (Å²) in [6, 6.07) is 1.60. The van der Waals surface area contributed by atoms with Gasteiger partial charge in [0.2, 0.25) is 0 Å². The fourth-order valence-corrected chi connectivity index (χ4v) is 2.93. The summed E-state index contributed by atoms with van der Waals surface area (Å²) >= 11 is 0. The zero-order valence-corrected chi connectivity index (χ0v) is 11.1. The number of nitrogens with two attached hydrogens (primary N) is 2. The van der Waals surface area contributed by atoms with E-state index in [4.69, 9.17) is 16.2 Å². The van der Waals surface area contributed by atoms with Crippen LogP contribution in [0.2, 0.25) is 0 Å². The van der Waals surface area contributed by atoms with Crippen LogP contribution in [-0.2, 0) is 4.74 Å². The Morgan fingerprint density at radius 2 is 1.94 bits per heavy atom. The molecule has 0 aliphatic heterocycles. The van der Waals surface area contributed by atoms with Gasteiger partial charge in [-0.3, -0.25) is 4.98 Å². The molecule has 0 amide bonds. The van der Waals surface area contributed by atoms with Gasteiger partial charge in [0.25, 0.3) is 0 Å². The Morgan fingerprint density at radius 3 is 2.50 bits per heavy atom. The molecule has 100 valence electrons. The van der Waals surface area contributed by atoms with Crippen LogP contribution in [0.25, 0.3) is 0 Å². The van der Waals surface area contributed by atoms with Gasteiger partial charge >= 0.3 is 0 Å². The fourth-order valence-electron chi connectivity index (χ4n) is 2.93. The second kappa shape index (κ2) is 5.67. The monoisotopic (exact) mass is 249 g/mol. The van der Waals surface area contributed by atoms with E-state index < -0.39 is 0 Å². The van der Waals surface area contributed by atoms with E-state index in [1.807, 2.05) is 0 Å². The van der Waals surface area contributed by atoms with Gasteiger partial charge < -0.3 is 16.2 Å². The first-order valence-corrected chi connectivity index (χ1v) is 6.70. The van der Waals surface area contributed by atoms with E-state index in [1.54, 1.807) is 25.6 Å². The lowest BCUT2D eigenvalue weighted by Crippen LogP contribution is -2.43. The topological polar surface area (TPSA) is 74.2 Å². The van der Waals surface area contributed by atoms with E-state index in [9.17, 15) is 0 Å². The highest BCUT2D eigenvalue weighted by molar-refractivity contribution is 5.47. The van der Waals surface area contributed by atoms with Gasteiger partial charge in [0.15, 0.2) is 0 Å². The minimum absolute atomic E-state index is 0.200. The summed E-state index contributed by atoms with van der Waals surface area (Å²) in [6.45, 7) is 0. The number of rotatable bonds is 3. The van der Waals surface area contributed by atoms with Crippen molar-refractivity contribution in [3.05, 3.63) is 24.0 Å². The van der Waals surface area contributed by atoms with Crippen LogP contribution in [0.4, 0.5) is 5.69 Å². The summed E-state index contributed by atoms with van der Waals surface area (Å²) in [5, 5.41) is 0. The summed E-state index contributed by atoms with van der Waals surface area (Å²) in [7, 11) is 1.76. The molecule has 2 rings (SSSR count). The minimum atomic E-state index is -0.284. The number of hydrogen-bond donors (Lipinski definition) is 2. The molecule has 1 unspecified atom stereocenters. The highest BCUT2D eigenvalue weighted by atomic mass is 16.5. The third-order valence-corrected chi connectivity index (χ3v) is 4.15. The maximum Gasteiger partial charge on any atom is 0.0871 e. The molecule has 18 heavy (non-hydrogen) atoms. The molecule has 4 heteroatoms. The Bertz CT molecular complexity index is 386. The standard InChI is InChI=1S/C14H23N3O/c1-18-14(7-4-2-3-5-8-14)13(16)11-10-17-9-6-12(11)15/h6,9-10,13H,2-5,7-8,16H2,1H3,(H2,15,17). The number of methoxy groups -OCH3 is 1. The van der Waals surface area contributed by atoms with Gasteiger partial charge in [-0.25, -0.2) is 0 Å². The normalized spacial score (nSPS) is 21.2. The van der Waals surface area contributed by atoms with Gasteiger partial charge in [-0.15, -0.1) is 0 Å². The predicted molar refractivity (Wildman–Crippen MR) is 73.0 cm³/mol. The maximum atomic E-state index is 6.44. The molecule has 1 heterocycles. The zero-order chi connectivity index (χ0) is 13.0. The number of anilines is 1. The zero-order valence-electron chi connectivity index (χ0n) is 11.1. The van der Waals surface area contributed by atoms with Crippen LogP contribution in [-0.4, -0.2) is 17.7 Å². The molecule has 1 aromatic rings. The minimum Gasteiger partial charge on any atom is -0.398 e. The fraction of sp³-hybridized carbons (Fsp3) is 0.643. The van der Waals surface area contributed by atoms with E-state index in [1.165, 1.54) is 25.7 Å². The van der Waals surface area contributed by atoms with Crippen molar-refractivity contribution < 1.29 is 4.74 Å². The van der Waals surface area contributed by atoms with E-state index in [0.29, 0.717) is 5.69 Å². The van der Waals surface area contributed by atoms with Crippen LogP contribution >= 0.6 is 0 Å². The Labute approximate surface area is 109 Å². The molecule has 1 atom stereocenters. The number of aromatic nitrogens is 1. The molecule has 1 aliphatic rings. The molecular weight excluding hydrogens is 226 g/mol. The molecule has 4 N–H and O–H groups in total. The Hall–Kier alpha value is -1.13. The van der Waals surface area contributed by atoms with Gasteiger partial charge in [-0.05, 0) is 18.9 Å². The summed E-state index contributed by atoms with van der Waals surface area (Å²) in [5.74, 6) is 0. The molecule has 1 aliphatic carbocycles. The Balaban J connectivity index is 2.28. The number of hydrogen-bond acceptors (Lipinski definition) is 4. The average molecular weight is 249 g/mol. The van der Waals surface area contributed by atoms with Crippen molar-refractivity contribution in [1.29, 1.82) is 0 Å². The van der Waals surface area contributed by atoms with Crippen LogP contribution < -0.4 is 11.5 Å². The van der Waals surface area contributed by atoms with Crippen molar-refractivity contribution in [1.82, 2.24) is 4.98 Å². The summed E-state index contributed by atoms with van der Waals surface area (Å²) in [4.78, 5) is 4.13. The van der Waals surface area contributed by atoms with Crippen LogP contribution in [0, 0.1) is 0 Å². The van der Waals surface area contributed by atoms with Crippen LogP contribution in [0.5, 0.6) is 0 Å². The third kappa shape index (κ3) is 2.49. The second-order valence-corrected chi connectivity index (χ2v) is 5.17. The van der Waals surface area contributed by atoms with E-state index in [2.05, 4.69) is 4.98 Å². The van der Waals surface area contributed by atoms with Crippen LogP contribution in [0.3, 0.4) is 0 Å². The average Bonchev–Trinajstić information content (AvgIpc) is 2.65. The number of pyridine rings is 1. The Kier molecular flexibility index (Phi) is 4.19. The Morgan fingerprint density at radius 1 is 1.28 bits per heavy atom. The van der Waals surface area contributed by atoms with Gasteiger partial charge in [-0.1, -0.05) is 25.7 Å². The van der Waals surface area contributed by atoms with Crippen molar-refractivity contribution in [2.45, 2.75) is 50.2 Å². The van der Waals surface area contributed by atoms with Crippen molar-refractivity contribution in [3.8, 4) is 0 Å². The van der Waals surface area contributed by atoms with Crippen LogP contribution in [0.1, 0.15) is 50.1 Å². The quantitative estimate of drug-likeness (QED) is 0.807. The second-order valence-electron chi connectivity index (χ2n) is 5.17. The molecule has 0 saturated heterocycles. The first-order valence-electron chi connectivity index (χ1n) is 6.70.